The van der Waals surface area contributed by atoms with E-state index in [0.29, 0.717) is 0 Å². The lowest BCUT2D eigenvalue weighted by atomic mass is 9.96. The fourth-order valence-electron chi connectivity index (χ4n) is 3.49. The Morgan fingerprint density at radius 2 is 1.65 bits per heavy atom. The van der Waals surface area contributed by atoms with E-state index >= 15 is 0 Å². The van der Waals surface area contributed by atoms with Crippen molar-refractivity contribution in [2.75, 3.05) is 37.1 Å². The standard InChI is InChI=1S/C21H28N5/c1-13(2)10-19-15-8-7-9-16(21(15)25-26(19)6)20-17(23-4)11-14(22-3)12-18(20)24-5/h7-9,11-12,22-24H,10H2,1-6H3. The van der Waals surface area contributed by atoms with Crippen LogP contribution >= 0.6 is 0 Å². The lowest BCUT2D eigenvalue weighted by molar-refractivity contribution is 0.716. The summed E-state index contributed by atoms with van der Waals surface area (Å²) in [5, 5.41) is 16.0. The second-order valence-electron chi connectivity index (χ2n) is 6.85. The molecule has 0 aliphatic rings. The molecule has 26 heavy (non-hydrogen) atoms. The Balaban J connectivity index is 2.30. The molecule has 5 nitrogen and oxygen atoms in total. The molecule has 0 saturated heterocycles. The topological polar surface area (TPSA) is 53.9 Å². The third-order valence-electron chi connectivity index (χ3n) is 4.74. The van der Waals surface area contributed by atoms with Crippen molar-refractivity contribution in [3.8, 4) is 11.1 Å². The van der Waals surface area contributed by atoms with E-state index in [4.69, 9.17) is 5.10 Å². The minimum atomic E-state index is 0.937. The molecule has 0 saturated carbocycles. The number of anilines is 3. The Morgan fingerprint density at radius 3 is 2.19 bits per heavy atom. The molecular formula is C21H28N5. The Morgan fingerprint density at radius 1 is 1.00 bits per heavy atom. The van der Waals surface area contributed by atoms with Crippen LogP contribution in [0, 0.1) is 5.92 Å². The van der Waals surface area contributed by atoms with E-state index in [0.717, 1.165) is 40.1 Å². The Labute approximate surface area is 155 Å². The number of rotatable bonds is 6. The van der Waals surface area contributed by atoms with Crippen LogP contribution in [0.25, 0.3) is 22.0 Å². The van der Waals surface area contributed by atoms with Crippen molar-refractivity contribution in [3.63, 3.8) is 0 Å². The zero-order valence-corrected chi connectivity index (χ0v) is 16.5. The van der Waals surface area contributed by atoms with E-state index in [-0.39, 0.29) is 0 Å². The van der Waals surface area contributed by atoms with Gasteiger partial charge < -0.3 is 16.0 Å². The number of nitrogens with one attached hydrogen (secondary N) is 3. The SMILES string of the molecule is CNc1cc(NC)c(-c2cccc3c(C[C](C)C)n(C)nc23)c(NC)c1. The largest absolute Gasteiger partial charge is 0.388 e. The molecular weight excluding hydrogens is 322 g/mol. The van der Waals surface area contributed by atoms with E-state index in [2.05, 4.69) is 60.1 Å². The number of aromatic nitrogens is 2. The third kappa shape index (κ3) is 3.09. The minimum Gasteiger partial charge on any atom is -0.388 e. The summed E-state index contributed by atoms with van der Waals surface area (Å²) in [6, 6.07) is 10.7. The Bertz CT molecular complexity index is 899. The van der Waals surface area contributed by atoms with Crippen molar-refractivity contribution in [3.05, 3.63) is 41.9 Å². The second kappa shape index (κ2) is 7.28. The van der Waals surface area contributed by atoms with Gasteiger partial charge in [0.1, 0.15) is 5.52 Å². The molecule has 1 aromatic heterocycles. The van der Waals surface area contributed by atoms with Gasteiger partial charge in [0.05, 0.1) is 0 Å². The van der Waals surface area contributed by atoms with Crippen LogP contribution in [0.3, 0.4) is 0 Å². The molecule has 0 atom stereocenters. The van der Waals surface area contributed by atoms with Gasteiger partial charge in [0.2, 0.25) is 0 Å². The normalized spacial score (nSPS) is 11.2. The number of hydrogen-bond donors (Lipinski definition) is 3. The van der Waals surface area contributed by atoms with Gasteiger partial charge in [0.25, 0.3) is 0 Å². The summed E-state index contributed by atoms with van der Waals surface area (Å²) in [5.41, 5.74) is 7.77. The van der Waals surface area contributed by atoms with Crippen LogP contribution < -0.4 is 16.0 Å². The zero-order chi connectivity index (χ0) is 18.8. The molecule has 0 fully saturated rings. The highest BCUT2D eigenvalue weighted by Gasteiger charge is 2.18. The van der Waals surface area contributed by atoms with Crippen LogP contribution in [-0.2, 0) is 13.5 Å². The third-order valence-corrected chi connectivity index (χ3v) is 4.74. The summed E-state index contributed by atoms with van der Waals surface area (Å²) in [6.07, 6.45) is 0.937. The van der Waals surface area contributed by atoms with E-state index in [9.17, 15) is 0 Å². The van der Waals surface area contributed by atoms with Crippen molar-refractivity contribution in [1.29, 1.82) is 0 Å². The van der Waals surface area contributed by atoms with Gasteiger partial charge in [-0.25, -0.2) is 0 Å². The van der Waals surface area contributed by atoms with E-state index in [1.165, 1.54) is 17.0 Å². The smallest absolute Gasteiger partial charge is 0.101 e. The van der Waals surface area contributed by atoms with Crippen molar-refractivity contribution in [1.82, 2.24) is 9.78 Å². The average molecular weight is 350 g/mol. The van der Waals surface area contributed by atoms with Crippen LogP contribution in [-0.4, -0.2) is 30.9 Å². The molecule has 0 spiro atoms. The fraction of sp³-hybridized carbons (Fsp3) is 0.333. The first kappa shape index (κ1) is 18.1. The van der Waals surface area contributed by atoms with Gasteiger partial charge in [-0.2, -0.15) is 5.10 Å². The molecule has 0 amide bonds. The molecule has 0 unspecified atom stereocenters. The molecule has 0 aliphatic carbocycles. The summed E-state index contributed by atoms with van der Waals surface area (Å²) < 4.78 is 2.02. The number of nitrogens with zero attached hydrogens (tertiary/aromatic N) is 2. The van der Waals surface area contributed by atoms with Gasteiger partial charge >= 0.3 is 0 Å². The zero-order valence-electron chi connectivity index (χ0n) is 16.5. The van der Waals surface area contributed by atoms with Gasteiger partial charge in [-0.05, 0) is 24.5 Å². The minimum absolute atomic E-state index is 0.937. The highest BCUT2D eigenvalue weighted by Crippen LogP contribution is 2.41. The van der Waals surface area contributed by atoms with Gasteiger partial charge in [0, 0.05) is 67.5 Å². The van der Waals surface area contributed by atoms with Crippen LogP contribution in [0.2, 0.25) is 0 Å². The number of hydrogen-bond acceptors (Lipinski definition) is 4. The maximum atomic E-state index is 4.87. The molecule has 5 heteroatoms. The average Bonchev–Trinajstić information content (AvgIpc) is 2.95. The van der Waals surface area contributed by atoms with Crippen molar-refractivity contribution in [2.24, 2.45) is 7.05 Å². The van der Waals surface area contributed by atoms with Gasteiger partial charge in [-0.1, -0.05) is 32.0 Å². The predicted octanol–water partition coefficient (Wildman–Crippen LogP) is 4.52. The molecule has 3 N–H and O–H groups in total. The second-order valence-corrected chi connectivity index (χ2v) is 6.85. The monoisotopic (exact) mass is 350 g/mol. The molecule has 0 bridgehead atoms. The van der Waals surface area contributed by atoms with Crippen LogP contribution in [0.5, 0.6) is 0 Å². The van der Waals surface area contributed by atoms with Crippen LogP contribution in [0.4, 0.5) is 17.1 Å². The Kier molecular flexibility index (Phi) is 5.07. The maximum absolute atomic E-state index is 4.87. The molecule has 3 rings (SSSR count). The van der Waals surface area contributed by atoms with Gasteiger partial charge in [0.15, 0.2) is 0 Å². The van der Waals surface area contributed by atoms with Crippen molar-refractivity contribution >= 4 is 28.0 Å². The molecule has 0 aliphatic heterocycles. The summed E-state index contributed by atoms with van der Waals surface area (Å²) in [6.45, 7) is 4.33. The lowest BCUT2D eigenvalue weighted by Crippen LogP contribution is -2.01. The van der Waals surface area contributed by atoms with E-state index in [1.807, 2.05) is 32.9 Å². The summed E-state index contributed by atoms with van der Waals surface area (Å²) in [5.74, 6) is 1.38. The number of fused-ring (bicyclic) bond motifs is 1. The highest BCUT2D eigenvalue weighted by atomic mass is 15.3. The summed E-state index contributed by atoms with van der Waals surface area (Å²) >= 11 is 0. The van der Waals surface area contributed by atoms with Crippen molar-refractivity contribution in [2.45, 2.75) is 20.3 Å². The highest BCUT2D eigenvalue weighted by molar-refractivity contribution is 6.03. The quantitative estimate of drug-likeness (QED) is 0.612. The summed E-state index contributed by atoms with van der Waals surface area (Å²) in [7, 11) is 7.88. The first-order chi connectivity index (χ1) is 12.5. The molecule has 3 aromatic rings. The summed E-state index contributed by atoms with van der Waals surface area (Å²) in [4.78, 5) is 0. The first-order valence-corrected chi connectivity index (χ1v) is 8.95. The van der Waals surface area contributed by atoms with Crippen molar-refractivity contribution < 1.29 is 0 Å². The Hall–Kier alpha value is -2.69. The predicted molar refractivity (Wildman–Crippen MR) is 113 cm³/mol. The number of aryl methyl sites for hydroxylation is 1. The maximum Gasteiger partial charge on any atom is 0.101 e. The van der Waals surface area contributed by atoms with Crippen LogP contribution in [0.15, 0.2) is 30.3 Å². The molecule has 1 heterocycles. The van der Waals surface area contributed by atoms with E-state index in [1.54, 1.807) is 0 Å². The van der Waals surface area contributed by atoms with Gasteiger partial charge in [-0.15, -0.1) is 0 Å². The van der Waals surface area contributed by atoms with Gasteiger partial charge in [-0.3, -0.25) is 4.68 Å². The number of benzene rings is 2. The fourth-order valence-corrected chi connectivity index (χ4v) is 3.49. The molecule has 1 radical (unpaired) electrons. The molecule has 137 valence electrons. The van der Waals surface area contributed by atoms with E-state index < -0.39 is 0 Å². The first-order valence-electron chi connectivity index (χ1n) is 8.95. The van der Waals surface area contributed by atoms with Crippen LogP contribution in [0.1, 0.15) is 19.5 Å². The molecule has 2 aromatic carbocycles. The lowest BCUT2D eigenvalue weighted by Gasteiger charge is -2.17.